The number of thioether (sulfide) groups is 1. The molecule has 0 fully saturated rings. The number of carbonyl (C=O) groups excluding carboxylic acids is 1. The molecule has 0 radical (unpaired) electrons. The topological polar surface area (TPSA) is 154 Å². The minimum absolute atomic E-state index is 0.0394. The van der Waals surface area contributed by atoms with Gasteiger partial charge in [-0.3, -0.25) is 19.1 Å². The molecule has 0 saturated heterocycles. The lowest BCUT2D eigenvalue weighted by molar-refractivity contribution is -0.116. The van der Waals surface area contributed by atoms with Crippen molar-refractivity contribution in [3.8, 4) is 11.4 Å². The Morgan fingerprint density at radius 2 is 2.09 bits per heavy atom. The number of aryl methyl sites for hydroxylation is 1. The average molecular weight is 492 g/mol. The van der Waals surface area contributed by atoms with Crippen LogP contribution in [-0.4, -0.2) is 56.2 Å². The van der Waals surface area contributed by atoms with Crippen molar-refractivity contribution in [1.29, 1.82) is 0 Å². The van der Waals surface area contributed by atoms with Gasteiger partial charge in [0.05, 0.1) is 24.2 Å². The Balaban J connectivity index is 1.88. The zero-order valence-electron chi connectivity index (χ0n) is 19.8. The van der Waals surface area contributed by atoms with Gasteiger partial charge in [0.25, 0.3) is 5.56 Å². The predicted molar refractivity (Wildman–Crippen MR) is 129 cm³/mol. The summed E-state index contributed by atoms with van der Waals surface area (Å²) in [5.41, 5.74) is 5.60. The number of anilines is 2. The predicted octanol–water partition coefficient (Wildman–Crippen LogP) is 1.24. The first kappa shape index (κ1) is 25.3. The molecule has 13 heteroatoms. The minimum atomic E-state index is -0.728. The maximum Gasteiger partial charge on any atom is 0.330 e. The Bertz CT molecular complexity index is 1270. The van der Waals surface area contributed by atoms with E-state index in [4.69, 9.17) is 14.9 Å². The smallest absolute Gasteiger partial charge is 0.330 e. The molecule has 3 aromatic heterocycles. The molecule has 1 amide bonds. The van der Waals surface area contributed by atoms with Gasteiger partial charge in [-0.05, 0) is 18.9 Å². The minimum Gasteiger partial charge on any atom is -0.469 e. The Hall–Kier alpha value is -3.32. The molecule has 0 saturated carbocycles. The van der Waals surface area contributed by atoms with Crippen LogP contribution in [0.1, 0.15) is 19.6 Å². The zero-order chi connectivity index (χ0) is 25.0. The molecule has 12 nitrogen and oxygen atoms in total. The van der Waals surface area contributed by atoms with Crippen LogP contribution in [0.2, 0.25) is 0 Å². The van der Waals surface area contributed by atoms with Crippen molar-refractivity contribution >= 4 is 29.2 Å². The molecule has 0 spiro atoms. The van der Waals surface area contributed by atoms with Crippen LogP contribution in [-0.2, 0) is 23.1 Å². The highest BCUT2D eigenvalue weighted by atomic mass is 32.2. The summed E-state index contributed by atoms with van der Waals surface area (Å²) in [6.07, 6.45) is 1.57. The highest BCUT2D eigenvalue weighted by molar-refractivity contribution is 7.99. The van der Waals surface area contributed by atoms with Gasteiger partial charge in [-0.2, -0.15) is 0 Å². The second kappa shape index (κ2) is 10.7. The van der Waals surface area contributed by atoms with E-state index in [2.05, 4.69) is 15.2 Å². The van der Waals surface area contributed by atoms with Gasteiger partial charge in [0.15, 0.2) is 16.7 Å². The molecule has 0 aliphatic rings. The number of furan rings is 1. The van der Waals surface area contributed by atoms with E-state index in [9.17, 15) is 14.4 Å². The number of amides is 1. The van der Waals surface area contributed by atoms with E-state index in [0.717, 1.165) is 5.56 Å². The van der Waals surface area contributed by atoms with Gasteiger partial charge in [-0.15, -0.1) is 10.2 Å². The van der Waals surface area contributed by atoms with Gasteiger partial charge >= 0.3 is 5.69 Å². The molecule has 3 rings (SSSR count). The van der Waals surface area contributed by atoms with Crippen molar-refractivity contribution in [2.24, 2.45) is 13.0 Å². The van der Waals surface area contributed by atoms with Gasteiger partial charge < -0.3 is 24.4 Å². The van der Waals surface area contributed by atoms with E-state index in [-0.39, 0.29) is 36.3 Å². The molecule has 0 atom stereocenters. The van der Waals surface area contributed by atoms with Crippen molar-refractivity contribution in [1.82, 2.24) is 24.3 Å². The first-order valence-electron chi connectivity index (χ1n) is 10.6. The number of hydrogen-bond donors (Lipinski definition) is 2. The van der Waals surface area contributed by atoms with E-state index in [1.807, 2.05) is 20.8 Å². The molecule has 0 unspecified atom stereocenters. The standard InChI is InChI=1S/C21H29N7O5S/c1-12(2)10-28-17(22)16(19(30)23-20(28)31)27(7-9-32-5)15(29)11-34-21-25-24-18(26(21)4)14-6-8-33-13(14)3/h6,8,12H,7,9-11,22H2,1-5H3,(H,23,30,31). The molecule has 0 aromatic carbocycles. The third-order valence-corrected chi connectivity index (χ3v) is 6.12. The summed E-state index contributed by atoms with van der Waals surface area (Å²) in [5.74, 6) is 0.925. The van der Waals surface area contributed by atoms with Crippen LogP contribution < -0.4 is 21.9 Å². The normalized spacial score (nSPS) is 11.4. The highest BCUT2D eigenvalue weighted by Crippen LogP contribution is 2.26. The molecule has 0 aliphatic carbocycles. The number of hydrogen-bond acceptors (Lipinski definition) is 9. The molecule has 0 bridgehead atoms. The molecule has 3 heterocycles. The fourth-order valence-electron chi connectivity index (χ4n) is 3.42. The number of aromatic amines is 1. The lowest BCUT2D eigenvalue weighted by Crippen LogP contribution is -2.43. The van der Waals surface area contributed by atoms with Crippen molar-refractivity contribution in [2.45, 2.75) is 32.5 Å². The second-order valence-corrected chi connectivity index (χ2v) is 9.02. The van der Waals surface area contributed by atoms with Gasteiger partial charge in [0.1, 0.15) is 11.6 Å². The fourth-order valence-corrected chi connectivity index (χ4v) is 4.21. The first-order chi connectivity index (χ1) is 16.1. The summed E-state index contributed by atoms with van der Waals surface area (Å²) < 4.78 is 13.5. The summed E-state index contributed by atoms with van der Waals surface area (Å²) in [6.45, 7) is 6.22. The number of ether oxygens (including phenoxy) is 1. The van der Waals surface area contributed by atoms with Crippen LogP contribution in [0, 0.1) is 12.8 Å². The average Bonchev–Trinajstić information content (AvgIpc) is 3.36. The van der Waals surface area contributed by atoms with E-state index >= 15 is 0 Å². The maximum absolute atomic E-state index is 13.2. The summed E-state index contributed by atoms with van der Waals surface area (Å²) in [4.78, 5) is 41.7. The molecule has 34 heavy (non-hydrogen) atoms. The third-order valence-electron chi connectivity index (χ3n) is 5.11. The van der Waals surface area contributed by atoms with Crippen molar-refractivity contribution in [3.63, 3.8) is 0 Å². The van der Waals surface area contributed by atoms with Gasteiger partial charge in [-0.25, -0.2) is 4.79 Å². The first-order valence-corrected chi connectivity index (χ1v) is 11.6. The molecule has 3 aromatic rings. The summed E-state index contributed by atoms with van der Waals surface area (Å²) in [6, 6.07) is 1.80. The van der Waals surface area contributed by atoms with Gasteiger partial charge in [-0.1, -0.05) is 25.6 Å². The third kappa shape index (κ3) is 5.25. The second-order valence-electron chi connectivity index (χ2n) is 8.08. The number of carbonyl (C=O) groups is 1. The summed E-state index contributed by atoms with van der Waals surface area (Å²) in [7, 11) is 3.28. The Labute approximate surface area is 200 Å². The Kier molecular flexibility index (Phi) is 7.99. The number of rotatable bonds is 10. The number of nitrogens with one attached hydrogen (secondary N) is 1. The van der Waals surface area contributed by atoms with Gasteiger partial charge in [0, 0.05) is 27.2 Å². The number of nitrogens with zero attached hydrogens (tertiary/aromatic N) is 5. The summed E-state index contributed by atoms with van der Waals surface area (Å²) in [5, 5.41) is 8.89. The van der Waals surface area contributed by atoms with E-state index < -0.39 is 17.2 Å². The highest BCUT2D eigenvalue weighted by Gasteiger charge is 2.25. The number of H-pyrrole nitrogens is 1. The molecular formula is C21H29N7O5S. The van der Waals surface area contributed by atoms with Crippen LogP contribution >= 0.6 is 11.8 Å². The van der Waals surface area contributed by atoms with Crippen LogP contribution in [0.15, 0.2) is 31.5 Å². The van der Waals surface area contributed by atoms with Crippen LogP contribution in [0.5, 0.6) is 0 Å². The number of aromatic nitrogens is 5. The van der Waals surface area contributed by atoms with Crippen molar-refractivity contribution in [2.75, 3.05) is 36.6 Å². The van der Waals surface area contributed by atoms with E-state index in [1.54, 1.807) is 23.9 Å². The molecule has 184 valence electrons. The monoisotopic (exact) mass is 491 g/mol. The Morgan fingerprint density at radius 3 is 2.71 bits per heavy atom. The molecule has 0 aliphatic heterocycles. The maximum atomic E-state index is 13.2. The van der Waals surface area contributed by atoms with Crippen LogP contribution in [0.25, 0.3) is 11.4 Å². The van der Waals surface area contributed by atoms with E-state index in [1.165, 1.54) is 28.3 Å². The van der Waals surface area contributed by atoms with Crippen molar-refractivity contribution < 1.29 is 13.9 Å². The van der Waals surface area contributed by atoms with Crippen LogP contribution in [0.4, 0.5) is 11.5 Å². The lowest BCUT2D eigenvalue weighted by Gasteiger charge is -2.24. The fraction of sp³-hybridized carbons (Fsp3) is 0.476. The summed E-state index contributed by atoms with van der Waals surface area (Å²) >= 11 is 1.17. The Morgan fingerprint density at radius 1 is 1.35 bits per heavy atom. The zero-order valence-corrected chi connectivity index (χ0v) is 20.6. The SMILES string of the molecule is COCCN(C(=O)CSc1nnc(-c2ccoc2C)n1C)c1c(N)n(CC(C)C)c(=O)[nH]c1=O. The number of nitrogen functional groups attached to an aromatic ring is 1. The van der Waals surface area contributed by atoms with Gasteiger partial charge in [0.2, 0.25) is 5.91 Å². The largest absolute Gasteiger partial charge is 0.469 e. The molecular weight excluding hydrogens is 462 g/mol. The lowest BCUT2D eigenvalue weighted by atomic mass is 10.2. The quantitative estimate of drug-likeness (QED) is 0.399. The van der Waals surface area contributed by atoms with Crippen molar-refractivity contribution in [3.05, 3.63) is 38.9 Å². The van der Waals surface area contributed by atoms with E-state index in [0.29, 0.717) is 23.3 Å². The van der Waals surface area contributed by atoms with Crippen LogP contribution in [0.3, 0.4) is 0 Å². The number of methoxy groups -OCH3 is 1. The number of nitrogens with two attached hydrogens (primary N) is 1. The molecule has 3 N–H and O–H groups in total.